The molecule has 0 bridgehead atoms. The van der Waals surface area contributed by atoms with Gasteiger partial charge in [-0.05, 0) is 50.3 Å². The SMILES string of the molecule is COc1cc(P(C)(C)=O)ccc1Nc1nc(NCC2CCCC2)c2c(C#N)c[nH]c2n1. The molecular formula is C22H27N6O2P. The molecule has 0 radical (unpaired) electrons. The average Bonchev–Trinajstić information content (AvgIpc) is 3.41. The molecule has 0 saturated heterocycles. The Hall–Kier alpha value is -3.04. The second kappa shape index (κ2) is 8.60. The van der Waals surface area contributed by atoms with Gasteiger partial charge < -0.3 is 24.9 Å². The molecule has 0 spiro atoms. The highest BCUT2D eigenvalue weighted by Gasteiger charge is 2.19. The third-order valence-corrected chi connectivity index (χ3v) is 7.26. The van der Waals surface area contributed by atoms with E-state index >= 15 is 0 Å². The Morgan fingerprint density at radius 1 is 1.29 bits per heavy atom. The van der Waals surface area contributed by atoms with Gasteiger partial charge in [-0.1, -0.05) is 12.8 Å². The first-order valence-electron chi connectivity index (χ1n) is 10.4. The van der Waals surface area contributed by atoms with Crippen molar-refractivity contribution in [1.82, 2.24) is 15.0 Å². The average molecular weight is 438 g/mol. The van der Waals surface area contributed by atoms with Crippen LogP contribution in [0, 0.1) is 17.2 Å². The van der Waals surface area contributed by atoms with E-state index in [0.29, 0.717) is 45.7 Å². The fourth-order valence-corrected chi connectivity index (χ4v) is 4.86. The third-order valence-electron chi connectivity index (χ3n) is 5.74. The van der Waals surface area contributed by atoms with Crippen LogP contribution in [0.25, 0.3) is 11.0 Å². The van der Waals surface area contributed by atoms with Crippen LogP contribution in [0.3, 0.4) is 0 Å². The predicted molar refractivity (Wildman–Crippen MR) is 124 cm³/mol. The van der Waals surface area contributed by atoms with E-state index in [1.807, 2.05) is 12.1 Å². The lowest BCUT2D eigenvalue weighted by Crippen LogP contribution is -2.13. The molecule has 0 unspecified atom stereocenters. The van der Waals surface area contributed by atoms with Gasteiger partial charge in [0.1, 0.15) is 30.4 Å². The third kappa shape index (κ3) is 4.52. The quantitative estimate of drug-likeness (QED) is 0.467. The molecule has 3 aromatic rings. The van der Waals surface area contributed by atoms with Crippen LogP contribution in [0.5, 0.6) is 5.75 Å². The number of rotatable bonds is 7. The lowest BCUT2D eigenvalue weighted by atomic mass is 10.1. The molecule has 1 aromatic carbocycles. The number of anilines is 3. The molecule has 1 fully saturated rings. The summed E-state index contributed by atoms with van der Waals surface area (Å²) in [6, 6.07) is 7.64. The van der Waals surface area contributed by atoms with Crippen LogP contribution in [0.15, 0.2) is 24.4 Å². The van der Waals surface area contributed by atoms with E-state index in [0.717, 1.165) is 11.8 Å². The van der Waals surface area contributed by atoms with Crippen molar-refractivity contribution in [2.45, 2.75) is 25.7 Å². The largest absolute Gasteiger partial charge is 0.495 e. The number of benzene rings is 1. The number of methoxy groups -OCH3 is 1. The number of aromatic nitrogens is 3. The summed E-state index contributed by atoms with van der Waals surface area (Å²) in [6.07, 6.45) is 6.62. The summed E-state index contributed by atoms with van der Waals surface area (Å²) in [4.78, 5) is 12.3. The second-order valence-electron chi connectivity index (χ2n) is 8.33. The number of aromatic amines is 1. The van der Waals surface area contributed by atoms with Crippen molar-refractivity contribution < 1.29 is 9.30 Å². The van der Waals surface area contributed by atoms with Crippen LogP contribution in [-0.2, 0) is 4.57 Å². The summed E-state index contributed by atoms with van der Waals surface area (Å²) < 4.78 is 17.9. The molecule has 1 aliphatic carbocycles. The topological polar surface area (TPSA) is 116 Å². The highest BCUT2D eigenvalue weighted by molar-refractivity contribution is 7.70. The van der Waals surface area contributed by atoms with Gasteiger partial charge >= 0.3 is 0 Å². The van der Waals surface area contributed by atoms with Gasteiger partial charge in [0.15, 0.2) is 0 Å². The van der Waals surface area contributed by atoms with E-state index in [1.165, 1.54) is 25.7 Å². The first kappa shape index (κ1) is 21.2. The molecule has 162 valence electrons. The van der Waals surface area contributed by atoms with Gasteiger partial charge in [-0.25, -0.2) is 0 Å². The summed E-state index contributed by atoms with van der Waals surface area (Å²) in [7, 11) is -0.833. The van der Waals surface area contributed by atoms with Crippen molar-refractivity contribution in [1.29, 1.82) is 5.26 Å². The zero-order chi connectivity index (χ0) is 22.0. The maximum absolute atomic E-state index is 12.4. The van der Waals surface area contributed by atoms with Gasteiger partial charge in [0, 0.05) is 18.0 Å². The minimum atomic E-state index is -2.41. The molecule has 31 heavy (non-hydrogen) atoms. The van der Waals surface area contributed by atoms with E-state index < -0.39 is 7.14 Å². The summed E-state index contributed by atoms with van der Waals surface area (Å²) in [5.41, 5.74) is 1.78. The Bertz CT molecular complexity index is 1190. The number of nitrogens with one attached hydrogen (secondary N) is 3. The molecule has 1 aliphatic rings. The van der Waals surface area contributed by atoms with Crippen molar-refractivity contribution in [2.24, 2.45) is 5.92 Å². The van der Waals surface area contributed by atoms with Crippen molar-refractivity contribution >= 4 is 40.9 Å². The van der Waals surface area contributed by atoms with E-state index in [2.05, 4.69) is 31.7 Å². The zero-order valence-electron chi connectivity index (χ0n) is 18.0. The molecular weight excluding hydrogens is 411 g/mol. The molecule has 0 aliphatic heterocycles. The number of nitrogens with zero attached hydrogens (tertiary/aromatic N) is 3. The minimum absolute atomic E-state index is 0.384. The van der Waals surface area contributed by atoms with Gasteiger partial charge in [-0.2, -0.15) is 15.2 Å². The Balaban J connectivity index is 1.68. The molecule has 9 heteroatoms. The predicted octanol–water partition coefficient (Wildman–Crippen LogP) is 4.43. The number of fused-ring (bicyclic) bond motifs is 1. The first-order valence-corrected chi connectivity index (χ1v) is 13.0. The number of nitriles is 1. The van der Waals surface area contributed by atoms with Crippen LogP contribution in [-0.4, -0.2) is 41.9 Å². The molecule has 0 atom stereocenters. The van der Waals surface area contributed by atoms with Gasteiger partial charge in [0.25, 0.3) is 0 Å². The van der Waals surface area contributed by atoms with E-state index in [-0.39, 0.29) is 0 Å². The van der Waals surface area contributed by atoms with Crippen LogP contribution in [0.2, 0.25) is 0 Å². The Morgan fingerprint density at radius 2 is 2.06 bits per heavy atom. The molecule has 4 rings (SSSR count). The van der Waals surface area contributed by atoms with E-state index in [4.69, 9.17) is 4.74 Å². The van der Waals surface area contributed by atoms with E-state index in [9.17, 15) is 9.83 Å². The lowest BCUT2D eigenvalue weighted by Gasteiger charge is -2.15. The molecule has 1 saturated carbocycles. The van der Waals surface area contributed by atoms with Crippen molar-refractivity contribution in [3.05, 3.63) is 30.0 Å². The number of hydrogen-bond acceptors (Lipinski definition) is 7. The highest BCUT2D eigenvalue weighted by atomic mass is 31.2. The summed E-state index contributed by atoms with van der Waals surface area (Å²) >= 11 is 0. The monoisotopic (exact) mass is 438 g/mol. The summed E-state index contributed by atoms with van der Waals surface area (Å²) in [5, 5.41) is 17.6. The highest BCUT2D eigenvalue weighted by Crippen LogP contribution is 2.38. The standard InChI is InChI=1S/C22H27N6O2P/c1-30-18-10-16(31(2,3)29)8-9-17(18)26-22-27-20(24-12-14-6-4-5-7-14)19-15(11-23)13-25-21(19)28-22/h8-10,13-14H,4-7,12H2,1-3H3,(H3,24,25,26,27,28). The summed E-state index contributed by atoms with van der Waals surface area (Å²) in [5.74, 6) is 2.21. The zero-order valence-corrected chi connectivity index (χ0v) is 18.9. The van der Waals surface area contributed by atoms with Gasteiger partial charge in [0.2, 0.25) is 5.95 Å². The molecule has 3 N–H and O–H groups in total. The van der Waals surface area contributed by atoms with Gasteiger partial charge in [0.05, 0.1) is 23.7 Å². The molecule has 2 aromatic heterocycles. The van der Waals surface area contributed by atoms with Gasteiger partial charge in [-0.15, -0.1) is 0 Å². The van der Waals surface area contributed by atoms with Crippen LogP contribution in [0.4, 0.5) is 17.5 Å². The Morgan fingerprint density at radius 3 is 2.74 bits per heavy atom. The maximum atomic E-state index is 12.4. The number of ether oxygens (including phenoxy) is 1. The van der Waals surface area contributed by atoms with Crippen LogP contribution in [0.1, 0.15) is 31.2 Å². The fourth-order valence-electron chi connectivity index (χ4n) is 4.00. The lowest BCUT2D eigenvalue weighted by molar-refractivity contribution is 0.417. The van der Waals surface area contributed by atoms with Crippen LogP contribution < -0.4 is 20.7 Å². The first-order chi connectivity index (χ1) is 14.9. The van der Waals surface area contributed by atoms with Gasteiger partial charge in [-0.3, -0.25) is 0 Å². The molecule has 2 heterocycles. The molecule has 0 amide bonds. The van der Waals surface area contributed by atoms with E-state index in [1.54, 1.807) is 32.7 Å². The Labute approximate surface area is 181 Å². The maximum Gasteiger partial charge on any atom is 0.231 e. The molecule has 8 nitrogen and oxygen atoms in total. The minimum Gasteiger partial charge on any atom is -0.495 e. The smallest absolute Gasteiger partial charge is 0.231 e. The summed E-state index contributed by atoms with van der Waals surface area (Å²) in [6.45, 7) is 4.28. The Kier molecular flexibility index (Phi) is 5.88. The second-order valence-corrected chi connectivity index (χ2v) is 11.5. The normalized spacial score (nSPS) is 14.5. The van der Waals surface area contributed by atoms with Crippen molar-refractivity contribution in [2.75, 3.05) is 37.6 Å². The van der Waals surface area contributed by atoms with Crippen molar-refractivity contribution in [3.63, 3.8) is 0 Å². The number of H-pyrrole nitrogens is 1. The number of hydrogen-bond donors (Lipinski definition) is 3. The van der Waals surface area contributed by atoms with Crippen molar-refractivity contribution in [3.8, 4) is 11.8 Å². The van der Waals surface area contributed by atoms with Crippen LogP contribution >= 0.6 is 7.14 Å². The fraction of sp³-hybridized carbons (Fsp3) is 0.409.